The molecule has 1 aliphatic rings. The molecule has 6 heteroatoms. The number of benzene rings is 2. The summed E-state index contributed by atoms with van der Waals surface area (Å²) in [7, 11) is 0. The average molecular weight is 333 g/mol. The van der Waals surface area contributed by atoms with Crippen molar-refractivity contribution < 1.29 is 9.72 Å². The molecule has 0 spiro atoms. The first-order valence-corrected chi connectivity index (χ1v) is 7.65. The number of rotatable bonds is 4. The van der Waals surface area contributed by atoms with Crippen LogP contribution in [0.2, 0.25) is 0 Å². The van der Waals surface area contributed by atoms with E-state index in [4.69, 9.17) is 0 Å². The van der Waals surface area contributed by atoms with Gasteiger partial charge in [0, 0.05) is 6.07 Å². The molecule has 0 saturated heterocycles. The van der Waals surface area contributed by atoms with E-state index in [2.05, 4.69) is 5.10 Å². The van der Waals surface area contributed by atoms with Crippen LogP contribution in [0.4, 0.5) is 11.4 Å². The van der Waals surface area contributed by atoms with E-state index >= 15 is 0 Å². The third-order valence-corrected chi connectivity index (χ3v) is 3.74. The fourth-order valence-corrected chi connectivity index (χ4v) is 2.50. The van der Waals surface area contributed by atoms with Crippen molar-refractivity contribution in [1.29, 1.82) is 0 Å². The third-order valence-electron chi connectivity index (χ3n) is 3.74. The minimum atomic E-state index is -0.433. The van der Waals surface area contributed by atoms with Crippen LogP contribution in [0.25, 0.3) is 6.08 Å². The molecule has 0 bridgehead atoms. The van der Waals surface area contributed by atoms with Gasteiger partial charge in [0.2, 0.25) is 0 Å². The molecule has 0 radical (unpaired) electrons. The summed E-state index contributed by atoms with van der Waals surface area (Å²) in [5, 5.41) is 16.7. The molecule has 25 heavy (non-hydrogen) atoms. The Morgan fingerprint density at radius 2 is 1.76 bits per heavy atom. The van der Waals surface area contributed by atoms with E-state index < -0.39 is 4.92 Å². The molecule has 0 unspecified atom stereocenters. The number of amides is 1. The smallest absolute Gasteiger partial charge is 0.267 e. The van der Waals surface area contributed by atoms with Gasteiger partial charge in [0.05, 0.1) is 27.5 Å². The lowest BCUT2D eigenvalue weighted by molar-refractivity contribution is -0.385. The van der Waals surface area contributed by atoms with E-state index in [1.165, 1.54) is 11.1 Å². The second kappa shape index (κ2) is 6.92. The molecule has 124 valence electrons. The predicted molar refractivity (Wildman–Crippen MR) is 97.3 cm³/mol. The Morgan fingerprint density at radius 3 is 2.48 bits per heavy atom. The summed E-state index contributed by atoms with van der Waals surface area (Å²) in [4.78, 5) is 23.1. The summed E-state index contributed by atoms with van der Waals surface area (Å²) in [5.41, 5.74) is 2.24. The van der Waals surface area contributed by atoms with Crippen LogP contribution in [0.3, 0.4) is 0 Å². The number of hydrogen-bond donors (Lipinski definition) is 0. The Labute approximate surface area is 144 Å². The number of anilines is 1. The first kappa shape index (κ1) is 16.3. The summed E-state index contributed by atoms with van der Waals surface area (Å²) < 4.78 is 0. The molecule has 0 saturated carbocycles. The maximum Gasteiger partial charge on any atom is 0.280 e. The highest BCUT2D eigenvalue weighted by Crippen LogP contribution is 2.24. The minimum Gasteiger partial charge on any atom is -0.267 e. The highest BCUT2D eigenvalue weighted by molar-refractivity contribution is 6.29. The van der Waals surface area contributed by atoms with Crippen molar-refractivity contribution >= 4 is 29.1 Å². The second-order valence-electron chi connectivity index (χ2n) is 5.39. The Morgan fingerprint density at radius 1 is 1.08 bits per heavy atom. The summed E-state index contributed by atoms with van der Waals surface area (Å²) >= 11 is 0. The molecule has 1 aliphatic heterocycles. The molecule has 2 aromatic carbocycles. The van der Waals surface area contributed by atoms with Crippen LogP contribution in [0.5, 0.6) is 0 Å². The number of carbonyl (C=O) groups excluding carboxylic acids is 1. The molecule has 0 N–H and O–H groups in total. The number of nitrogens with zero attached hydrogens (tertiary/aromatic N) is 3. The van der Waals surface area contributed by atoms with Crippen molar-refractivity contribution in [3.8, 4) is 0 Å². The van der Waals surface area contributed by atoms with Gasteiger partial charge in [-0.2, -0.15) is 10.1 Å². The minimum absolute atomic E-state index is 0.0196. The quantitative estimate of drug-likeness (QED) is 0.483. The number of nitro benzene ring substituents is 1. The average Bonchev–Trinajstić information content (AvgIpc) is 2.91. The Balaban J connectivity index is 1.85. The molecule has 6 nitrogen and oxygen atoms in total. The first-order valence-electron chi connectivity index (χ1n) is 7.65. The van der Waals surface area contributed by atoms with Crippen LogP contribution < -0.4 is 5.01 Å². The zero-order valence-corrected chi connectivity index (χ0v) is 13.5. The van der Waals surface area contributed by atoms with Crippen molar-refractivity contribution in [1.82, 2.24) is 0 Å². The fraction of sp³-hybridized carbons (Fsp3) is 0.0526. The largest absolute Gasteiger partial charge is 0.280 e. The Bertz CT molecular complexity index is 915. The van der Waals surface area contributed by atoms with Gasteiger partial charge < -0.3 is 0 Å². The SMILES string of the molecule is CC1=NN(c2ccccc2)C(=O)/C1=C\C=C\c1ccccc1[N+](=O)[O-]. The van der Waals surface area contributed by atoms with Crippen molar-refractivity contribution in [3.63, 3.8) is 0 Å². The number of carbonyl (C=O) groups is 1. The van der Waals surface area contributed by atoms with Gasteiger partial charge in [0.15, 0.2) is 0 Å². The second-order valence-corrected chi connectivity index (χ2v) is 5.39. The van der Waals surface area contributed by atoms with E-state index in [9.17, 15) is 14.9 Å². The molecule has 0 atom stereocenters. The highest BCUT2D eigenvalue weighted by atomic mass is 16.6. The zero-order chi connectivity index (χ0) is 17.8. The van der Waals surface area contributed by atoms with Gasteiger partial charge in [-0.15, -0.1) is 0 Å². The van der Waals surface area contributed by atoms with Crippen LogP contribution in [-0.2, 0) is 4.79 Å². The van der Waals surface area contributed by atoms with E-state index in [0.717, 1.165) is 0 Å². The maximum atomic E-state index is 12.5. The third kappa shape index (κ3) is 3.37. The molecule has 0 fully saturated rings. The summed E-state index contributed by atoms with van der Waals surface area (Å²) in [6.45, 7) is 1.76. The van der Waals surface area contributed by atoms with Gasteiger partial charge in [-0.3, -0.25) is 14.9 Å². The van der Waals surface area contributed by atoms with E-state index in [0.29, 0.717) is 22.5 Å². The zero-order valence-electron chi connectivity index (χ0n) is 13.5. The fourth-order valence-electron chi connectivity index (χ4n) is 2.50. The normalized spacial score (nSPS) is 15.9. The van der Waals surface area contributed by atoms with Crippen LogP contribution in [0, 0.1) is 10.1 Å². The van der Waals surface area contributed by atoms with Gasteiger partial charge in [-0.05, 0) is 37.3 Å². The van der Waals surface area contributed by atoms with Gasteiger partial charge in [-0.25, -0.2) is 0 Å². The molecular weight excluding hydrogens is 318 g/mol. The summed E-state index contributed by atoms with van der Waals surface area (Å²) in [6, 6.07) is 15.6. The number of hydrazone groups is 1. The molecule has 0 aromatic heterocycles. The van der Waals surface area contributed by atoms with Crippen LogP contribution in [-0.4, -0.2) is 16.5 Å². The molecule has 1 amide bonds. The highest BCUT2D eigenvalue weighted by Gasteiger charge is 2.27. The van der Waals surface area contributed by atoms with Crippen molar-refractivity contribution in [2.75, 3.05) is 5.01 Å². The van der Waals surface area contributed by atoms with Gasteiger partial charge in [0.25, 0.3) is 11.6 Å². The van der Waals surface area contributed by atoms with Gasteiger partial charge >= 0.3 is 0 Å². The number of para-hydroxylation sites is 2. The Kier molecular flexibility index (Phi) is 4.52. The lowest BCUT2D eigenvalue weighted by Crippen LogP contribution is -2.21. The monoisotopic (exact) mass is 333 g/mol. The number of allylic oxidation sites excluding steroid dienone is 2. The predicted octanol–water partition coefficient (Wildman–Crippen LogP) is 3.96. The molecular formula is C19H15N3O3. The van der Waals surface area contributed by atoms with E-state index in [-0.39, 0.29) is 11.6 Å². The molecule has 0 aliphatic carbocycles. The lowest BCUT2D eigenvalue weighted by Gasteiger charge is -2.10. The standard InChI is InChI=1S/C19H15N3O3/c1-14-17(19(23)21(20-14)16-10-3-2-4-11-16)12-7-9-15-8-5-6-13-18(15)22(24)25/h2-13H,1H3/b9-7+,17-12-. The van der Waals surface area contributed by atoms with Crippen molar-refractivity contribution in [2.45, 2.75) is 6.92 Å². The Hall–Kier alpha value is -3.54. The van der Waals surface area contributed by atoms with Gasteiger partial charge in [-0.1, -0.05) is 36.4 Å². The first-order chi connectivity index (χ1) is 12.1. The van der Waals surface area contributed by atoms with E-state index in [1.54, 1.807) is 55.5 Å². The lowest BCUT2D eigenvalue weighted by atomic mass is 10.1. The van der Waals surface area contributed by atoms with Crippen LogP contribution in [0.15, 0.2) is 77.4 Å². The topological polar surface area (TPSA) is 75.8 Å². The van der Waals surface area contributed by atoms with Crippen molar-refractivity contribution in [3.05, 3.63) is 88.0 Å². The summed E-state index contributed by atoms with van der Waals surface area (Å²) in [6.07, 6.45) is 4.86. The number of nitro groups is 1. The summed E-state index contributed by atoms with van der Waals surface area (Å²) in [5.74, 6) is -0.226. The number of hydrogen-bond acceptors (Lipinski definition) is 4. The van der Waals surface area contributed by atoms with Crippen molar-refractivity contribution in [2.24, 2.45) is 5.10 Å². The van der Waals surface area contributed by atoms with Crippen LogP contribution in [0.1, 0.15) is 12.5 Å². The van der Waals surface area contributed by atoms with Crippen LogP contribution >= 0.6 is 0 Å². The maximum absolute atomic E-state index is 12.5. The van der Waals surface area contributed by atoms with E-state index in [1.807, 2.05) is 18.2 Å². The molecule has 3 rings (SSSR count). The molecule has 1 heterocycles. The molecule has 2 aromatic rings. The van der Waals surface area contributed by atoms with Gasteiger partial charge in [0.1, 0.15) is 0 Å².